The number of ether oxygens (including phenoxy) is 1. The molecule has 1 heterocycles. The van der Waals surface area contributed by atoms with Gasteiger partial charge in [-0.25, -0.2) is 9.07 Å². The van der Waals surface area contributed by atoms with Gasteiger partial charge in [0.15, 0.2) is 0 Å². The van der Waals surface area contributed by atoms with E-state index < -0.39 is 0 Å². The van der Waals surface area contributed by atoms with E-state index in [1.54, 1.807) is 41.1 Å². The maximum Gasteiger partial charge on any atom is 0.243 e. The molecule has 0 unspecified atom stereocenters. The first kappa shape index (κ1) is 17.2. The van der Waals surface area contributed by atoms with Crippen LogP contribution in [0.15, 0.2) is 42.5 Å². The van der Waals surface area contributed by atoms with Crippen molar-refractivity contribution in [2.75, 3.05) is 5.32 Å². The molecule has 1 N–H and O–H groups in total. The fourth-order valence-corrected chi connectivity index (χ4v) is 2.51. The van der Waals surface area contributed by atoms with E-state index in [1.807, 2.05) is 6.92 Å². The molecule has 6 nitrogen and oxygen atoms in total. The van der Waals surface area contributed by atoms with Crippen LogP contribution in [0.4, 0.5) is 10.3 Å². The number of hydrogen-bond acceptors (Lipinski definition) is 5. The minimum Gasteiger partial charge on any atom is -0.488 e. The lowest BCUT2D eigenvalue weighted by Gasteiger charge is -2.13. The van der Waals surface area contributed by atoms with Gasteiger partial charge in [0.25, 0.3) is 0 Å². The van der Waals surface area contributed by atoms with Crippen LogP contribution in [0.25, 0.3) is 0 Å². The van der Waals surface area contributed by atoms with Crippen molar-refractivity contribution in [3.63, 3.8) is 0 Å². The summed E-state index contributed by atoms with van der Waals surface area (Å²) in [5.74, 6) is 0.886. The Morgan fingerprint density at radius 1 is 1.20 bits per heavy atom. The van der Waals surface area contributed by atoms with Gasteiger partial charge >= 0.3 is 0 Å². The minimum atomic E-state index is -0.293. The average molecular weight is 362 g/mol. The largest absolute Gasteiger partial charge is 0.488 e. The van der Waals surface area contributed by atoms with Crippen LogP contribution in [0.3, 0.4) is 0 Å². The van der Waals surface area contributed by atoms with Crippen LogP contribution in [0.5, 0.6) is 5.75 Å². The first-order valence-electron chi connectivity index (χ1n) is 7.82. The molecule has 8 heteroatoms. The lowest BCUT2D eigenvalue weighted by Crippen LogP contribution is -2.09. The first-order chi connectivity index (χ1) is 12.2. The number of aromatic nitrogens is 4. The zero-order chi connectivity index (χ0) is 17.6. The number of nitrogens with zero attached hydrogens (tertiary/aromatic N) is 4. The summed E-state index contributed by atoms with van der Waals surface area (Å²) < 4.78 is 21.2. The molecule has 0 aliphatic rings. The number of benzene rings is 2. The highest BCUT2D eigenvalue weighted by Crippen LogP contribution is 2.25. The second-order valence-electron chi connectivity index (χ2n) is 5.30. The molecule has 0 aliphatic carbocycles. The van der Waals surface area contributed by atoms with Crippen molar-refractivity contribution in [2.24, 2.45) is 0 Å². The SMILES string of the molecule is CCn1nnnc1NCc1cc(Cl)ccc1OCc1ccccc1F. The number of rotatable bonds is 7. The molecule has 0 fully saturated rings. The first-order valence-corrected chi connectivity index (χ1v) is 8.20. The summed E-state index contributed by atoms with van der Waals surface area (Å²) in [4.78, 5) is 0. The van der Waals surface area contributed by atoms with Crippen molar-refractivity contribution in [3.8, 4) is 5.75 Å². The maximum absolute atomic E-state index is 13.7. The van der Waals surface area contributed by atoms with Crippen LogP contribution in [0.1, 0.15) is 18.1 Å². The van der Waals surface area contributed by atoms with Crippen LogP contribution in [-0.2, 0) is 19.7 Å². The van der Waals surface area contributed by atoms with Gasteiger partial charge in [-0.1, -0.05) is 34.9 Å². The number of tetrazole rings is 1. The third-order valence-electron chi connectivity index (χ3n) is 3.63. The molecule has 0 aliphatic heterocycles. The molecular formula is C17H17ClFN5O. The van der Waals surface area contributed by atoms with Gasteiger partial charge in [0, 0.05) is 29.2 Å². The third kappa shape index (κ3) is 4.24. The summed E-state index contributed by atoms with van der Waals surface area (Å²) in [6, 6.07) is 11.8. The molecule has 0 radical (unpaired) electrons. The number of hydrogen-bond donors (Lipinski definition) is 1. The summed E-state index contributed by atoms with van der Waals surface area (Å²) in [6.07, 6.45) is 0. The molecule has 0 amide bonds. The zero-order valence-corrected chi connectivity index (χ0v) is 14.4. The lowest BCUT2D eigenvalue weighted by atomic mass is 10.2. The number of aryl methyl sites for hydroxylation is 1. The van der Waals surface area contributed by atoms with E-state index in [4.69, 9.17) is 16.3 Å². The maximum atomic E-state index is 13.7. The Morgan fingerprint density at radius 3 is 2.84 bits per heavy atom. The average Bonchev–Trinajstić information content (AvgIpc) is 3.08. The van der Waals surface area contributed by atoms with Gasteiger partial charge in [-0.2, -0.15) is 0 Å². The molecule has 0 atom stereocenters. The van der Waals surface area contributed by atoms with E-state index in [2.05, 4.69) is 20.8 Å². The summed E-state index contributed by atoms with van der Waals surface area (Å²) in [5.41, 5.74) is 1.32. The molecule has 0 saturated heterocycles. The van der Waals surface area contributed by atoms with Gasteiger partial charge in [-0.05, 0) is 41.6 Å². The van der Waals surface area contributed by atoms with Crippen molar-refractivity contribution in [3.05, 3.63) is 64.4 Å². The minimum absolute atomic E-state index is 0.133. The fourth-order valence-electron chi connectivity index (χ4n) is 2.32. The topological polar surface area (TPSA) is 64.9 Å². The second kappa shape index (κ2) is 7.94. The van der Waals surface area contributed by atoms with Crippen molar-refractivity contribution in [1.29, 1.82) is 0 Å². The van der Waals surface area contributed by atoms with Crippen molar-refractivity contribution >= 4 is 17.5 Å². The van der Waals surface area contributed by atoms with Crippen molar-refractivity contribution in [2.45, 2.75) is 26.6 Å². The molecule has 1 aromatic heterocycles. The van der Waals surface area contributed by atoms with Crippen molar-refractivity contribution < 1.29 is 9.13 Å². The predicted molar refractivity (Wildman–Crippen MR) is 93.0 cm³/mol. The fraction of sp³-hybridized carbons (Fsp3) is 0.235. The normalized spacial score (nSPS) is 10.7. The Balaban J connectivity index is 1.73. The molecule has 130 valence electrons. The lowest BCUT2D eigenvalue weighted by molar-refractivity contribution is 0.297. The summed E-state index contributed by atoms with van der Waals surface area (Å²) >= 11 is 6.09. The Hall–Kier alpha value is -2.67. The van der Waals surface area contributed by atoms with Crippen LogP contribution >= 0.6 is 11.6 Å². The van der Waals surface area contributed by atoms with Gasteiger partial charge in [0.2, 0.25) is 5.95 Å². The monoisotopic (exact) mass is 361 g/mol. The number of nitrogens with one attached hydrogen (secondary N) is 1. The summed E-state index contributed by atoms with van der Waals surface area (Å²) in [5, 5.41) is 15.2. The molecule has 25 heavy (non-hydrogen) atoms. The van der Waals surface area contributed by atoms with Gasteiger partial charge in [0.1, 0.15) is 18.2 Å². The zero-order valence-electron chi connectivity index (χ0n) is 13.6. The molecule has 0 spiro atoms. The molecule has 3 rings (SSSR count). The van der Waals surface area contributed by atoms with Crippen LogP contribution in [0, 0.1) is 5.82 Å². The van der Waals surface area contributed by atoms with Crippen LogP contribution < -0.4 is 10.1 Å². The van der Waals surface area contributed by atoms with Crippen molar-refractivity contribution in [1.82, 2.24) is 20.2 Å². The second-order valence-corrected chi connectivity index (χ2v) is 5.74. The van der Waals surface area contributed by atoms with E-state index in [0.29, 0.717) is 35.4 Å². The molecule has 2 aromatic carbocycles. The highest BCUT2D eigenvalue weighted by molar-refractivity contribution is 6.30. The van der Waals surface area contributed by atoms with E-state index in [9.17, 15) is 4.39 Å². The van der Waals surface area contributed by atoms with Gasteiger partial charge in [0.05, 0.1) is 0 Å². The van der Waals surface area contributed by atoms with Gasteiger partial charge < -0.3 is 10.1 Å². The molecule has 3 aromatic rings. The van der Waals surface area contributed by atoms with E-state index in [-0.39, 0.29) is 12.4 Å². The van der Waals surface area contributed by atoms with Crippen LogP contribution in [-0.4, -0.2) is 20.2 Å². The number of halogens is 2. The van der Waals surface area contributed by atoms with E-state index in [0.717, 1.165) is 5.56 Å². The molecular weight excluding hydrogens is 345 g/mol. The smallest absolute Gasteiger partial charge is 0.243 e. The standard InChI is InChI=1S/C17H17ClFN5O/c1-2-24-17(21-22-23-24)20-10-13-9-14(18)7-8-16(13)25-11-12-5-3-4-6-15(12)19/h3-9H,2,10-11H2,1H3,(H,20,21,23). The highest BCUT2D eigenvalue weighted by atomic mass is 35.5. The van der Waals surface area contributed by atoms with Gasteiger partial charge in [-0.3, -0.25) is 0 Å². The summed E-state index contributed by atoms with van der Waals surface area (Å²) in [6.45, 7) is 3.16. The Morgan fingerprint density at radius 2 is 2.04 bits per heavy atom. The highest BCUT2D eigenvalue weighted by Gasteiger charge is 2.09. The Labute approximate surface area is 149 Å². The Bertz CT molecular complexity index is 855. The third-order valence-corrected chi connectivity index (χ3v) is 3.87. The molecule has 0 bridgehead atoms. The van der Waals surface area contributed by atoms with E-state index >= 15 is 0 Å². The molecule has 0 saturated carbocycles. The Kier molecular flexibility index (Phi) is 5.45. The van der Waals surface area contributed by atoms with Crippen LogP contribution in [0.2, 0.25) is 5.02 Å². The quantitative estimate of drug-likeness (QED) is 0.695. The van der Waals surface area contributed by atoms with E-state index in [1.165, 1.54) is 6.07 Å². The predicted octanol–water partition coefficient (Wildman–Crippen LogP) is 3.68. The van der Waals surface area contributed by atoms with Gasteiger partial charge in [-0.15, -0.1) is 0 Å². The summed E-state index contributed by atoms with van der Waals surface area (Å²) in [7, 11) is 0. The number of anilines is 1.